The second-order valence-corrected chi connectivity index (χ2v) is 8.59. The highest BCUT2D eigenvalue weighted by molar-refractivity contribution is 5.82. The van der Waals surface area contributed by atoms with Crippen LogP contribution in [0.2, 0.25) is 0 Å². The number of esters is 1. The standard InChI is InChI=1S/C28H33N3O5/c1-21(32)30-29-18-22-11-10-12-23(17-22)19-31-25(20-35-2)28(24-13-6-5-7-14-24)36-27(34)16-9-4-3-8-15-26(31)33/h3-7,10-14,17-18,25,28H,8-9,15-16,19-20H2,1-2H3,(H,30,32)/b4-3+,29-18+/t25-,28-/m0/s1. The average molecular weight is 492 g/mol. The summed E-state index contributed by atoms with van der Waals surface area (Å²) >= 11 is 0. The van der Waals surface area contributed by atoms with Gasteiger partial charge in [-0.1, -0.05) is 60.7 Å². The van der Waals surface area contributed by atoms with Crippen molar-refractivity contribution in [2.24, 2.45) is 5.10 Å². The SMILES string of the molecule is COC[C@H]1[C@H](c2ccccc2)OC(=O)CC/C=C/CCC(=O)N1Cc1cccc(/C=N/NC(C)=O)c1. The maximum absolute atomic E-state index is 13.5. The van der Waals surface area contributed by atoms with Crippen molar-refractivity contribution in [2.45, 2.75) is 51.3 Å². The first-order valence-corrected chi connectivity index (χ1v) is 12.0. The minimum Gasteiger partial charge on any atom is -0.455 e. The fraction of sp³-hybridized carbons (Fsp3) is 0.357. The molecule has 2 aromatic carbocycles. The molecular weight excluding hydrogens is 458 g/mol. The summed E-state index contributed by atoms with van der Waals surface area (Å²) in [5, 5.41) is 3.93. The van der Waals surface area contributed by atoms with Crippen molar-refractivity contribution in [1.82, 2.24) is 10.3 Å². The average Bonchev–Trinajstić information content (AvgIpc) is 2.87. The number of methoxy groups -OCH3 is 1. The third kappa shape index (κ3) is 8.16. The first-order chi connectivity index (χ1) is 17.5. The lowest BCUT2D eigenvalue weighted by molar-refractivity contribution is -0.159. The van der Waals surface area contributed by atoms with Crippen molar-refractivity contribution in [3.8, 4) is 0 Å². The Hall–Kier alpha value is -3.78. The van der Waals surface area contributed by atoms with Crippen LogP contribution in [0, 0.1) is 0 Å². The van der Waals surface area contributed by atoms with Crippen LogP contribution < -0.4 is 5.43 Å². The molecule has 8 nitrogen and oxygen atoms in total. The van der Waals surface area contributed by atoms with Crippen molar-refractivity contribution in [2.75, 3.05) is 13.7 Å². The summed E-state index contributed by atoms with van der Waals surface area (Å²) in [6.07, 6.45) is 6.47. The molecule has 2 amide bonds. The molecule has 36 heavy (non-hydrogen) atoms. The van der Waals surface area contributed by atoms with Gasteiger partial charge in [-0.15, -0.1) is 0 Å². The number of ether oxygens (including phenoxy) is 2. The first-order valence-electron chi connectivity index (χ1n) is 12.0. The molecule has 0 bridgehead atoms. The number of benzene rings is 2. The van der Waals surface area contributed by atoms with Crippen LogP contribution in [0.1, 0.15) is 55.4 Å². The molecule has 1 aliphatic heterocycles. The quantitative estimate of drug-likeness (QED) is 0.274. The summed E-state index contributed by atoms with van der Waals surface area (Å²) in [6, 6.07) is 16.5. The van der Waals surface area contributed by atoms with E-state index in [1.54, 1.807) is 18.2 Å². The molecule has 0 aromatic heterocycles. The Balaban J connectivity index is 1.98. The molecule has 0 saturated carbocycles. The van der Waals surface area contributed by atoms with Crippen LogP contribution in [0.4, 0.5) is 0 Å². The van der Waals surface area contributed by atoms with E-state index >= 15 is 0 Å². The van der Waals surface area contributed by atoms with E-state index < -0.39 is 12.1 Å². The monoisotopic (exact) mass is 491 g/mol. The molecular formula is C28H33N3O5. The van der Waals surface area contributed by atoms with Gasteiger partial charge in [-0.3, -0.25) is 14.4 Å². The molecule has 0 spiro atoms. The molecule has 1 N–H and O–H groups in total. The predicted octanol–water partition coefficient (Wildman–Crippen LogP) is 3.91. The second-order valence-electron chi connectivity index (χ2n) is 8.59. The number of carbonyl (C=O) groups excluding carboxylic acids is 3. The van der Waals surface area contributed by atoms with E-state index in [1.807, 2.05) is 66.7 Å². The van der Waals surface area contributed by atoms with Gasteiger partial charge < -0.3 is 14.4 Å². The van der Waals surface area contributed by atoms with Crippen molar-refractivity contribution in [3.63, 3.8) is 0 Å². The normalized spacial score (nSPS) is 20.3. The topological polar surface area (TPSA) is 97.3 Å². The van der Waals surface area contributed by atoms with Gasteiger partial charge in [-0.05, 0) is 35.6 Å². The molecule has 0 aliphatic carbocycles. The van der Waals surface area contributed by atoms with Crippen molar-refractivity contribution in [1.29, 1.82) is 0 Å². The Morgan fingerprint density at radius 3 is 2.58 bits per heavy atom. The van der Waals surface area contributed by atoms with Gasteiger partial charge in [0.1, 0.15) is 6.10 Å². The zero-order valence-electron chi connectivity index (χ0n) is 20.8. The van der Waals surface area contributed by atoms with Crippen LogP contribution in [0.3, 0.4) is 0 Å². The summed E-state index contributed by atoms with van der Waals surface area (Å²) in [5.41, 5.74) is 4.84. The van der Waals surface area contributed by atoms with Crippen LogP contribution in [0.5, 0.6) is 0 Å². The van der Waals surface area contributed by atoms with Crippen LogP contribution >= 0.6 is 0 Å². The van der Waals surface area contributed by atoms with Gasteiger partial charge in [0.05, 0.1) is 18.9 Å². The summed E-state index contributed by atoms with van der Waals surface area (Å²) in [4.78, 5) is 39.1. The number of allylic oxidation sites excluding steroid dienone is 2. The molecule has 3 rings (SSSR count). The zero-order valence-corrected chi connectivity index (χ0v) is 20.8. The predicted molar refractivity (Wildman–Crippen MR) is 137 cm³/mol. The van der Waals surface area contributed by atoms with Gasteiger partial charge in [-0.25, -0.2) is 5.43 Å². The summed E-state index contributed by atoms with van der Waals surface area (Å²) in [5.74, 6) is -0.638. The van der Waals surface area contributed by atoms with Crippen LogP contribution in [-0.4, -0.2) is 48.7 Å². The van der Waals surface area contributed by atoms with Gasteiger partial charge in [0.15, 0.2) is 0 Å². The van der Waals surface area contributed by atoms with E-state index in [2.05, 4.69) is 10.5 Å². The first kappa shape index (κ1) is 26.8. The van der Waals surface area contributed by atoms with E-state index in [0.29, 0.717) is 25.8 Å². The fourth-order valence-electron chi connectivity index (χ4n) is 4.07. The van der Waals surface area contributed by atoms with Gasteiger partial charge in [0.25, 0.3) is 0 Å². The fourth-order valence-corrected chi connectivity index (χ4v) is 4.07. The summed E-state index contributed by atoms with van der Waals surface area (Å²) in [6.45, 7) is 1.87. The van der Waals surface area contributed by atoms with E-state index in [4.69, 9.17) is 9.47 Å². The molecule has 0 unspecified atom stereocenters. The Labute approximate surface area is 212 Å². The van der Waals surface area contributed by atoms with Crippen molar-refractivity contribution < 1.29 is 23.9 Å². The number of nitrogens with zero attached hydrogens (tertiary/aromatic N) is 2. The lowest BCUT2D eigenvalue weighted by Crippen LogP contribution is -2.47. The number of nitrogens with one attached hydrogen (secondary N) is 1. The Morgan fingerprint density at radius 1 is 1.11 bits per heavy atom. The van der Waals surface area contributed by atoms with Gasteiger partial charge in [0, 0.05) is 33.4 Å². The number of rotatable bonds is 7. The number of carbonyl (C=O) groups is 3. The highest BCUT2D eigenvalue weighted by atomic mass is 16.5. The number of hydrogen-bond donors (Lipinski definition) is 1. The Bertz CT molecular complexity index is 1080. The van der Waals surface area contributed by atoms with Crippen molar-refractivity contribution >= 4 is 24.0 Å². The van der Waals surface area contributed by atoms with Gasteiger partial charge in [-0.2, -0.15) is 5.10 Å². The molecule has 1 aliphatic rings. The Morgan fingerprint density at radius 2 is 1.86 bits per heavy atom. The zero-order chi connectivity index (χ0) is 25.8. The summed E-state index contributed by atoms with van der Waals surface area (Å²) in [7, 11) is 1.57. The van der Waals surface area contributed by atoms with E-state index in [-0.39, 0.29) is 30.8 Å². The second kappa shape index (κ2) is 13.9. The molecule has 0 fully saturated rings. The molecule has 0 saturated heterocycles. The number of hydrazone groups is 1. The minimum atomic E-state index is -0.685. The van der Waals surface area contributed by atoms with Crippen LogP contribution in [-0.2, 0) is 30.4 Å². The number of cyclic esters (lactones) is 1. The maximum Gasteiger partial charge on any atom is 0.306 e. The van der Waals surface area contributed by atoms with Crippen LogP contribution in [0.15, 0.2) is 71.9 Å². The van der Waals surface area contributed by atoms with Gasteiger partial charge >= 0.3 is 5.97 Å². The van der Waals surface area contributed by atoms with Crippen molar-refractivity contribution in [3.05, 3.63) is 83.4 Å². The lowest BCUT2D eigenvalue weighted by atomic mass is 9.99. The van der Waals surface area contributed by atoms with E-state index in [0.717, 1.165) is 16.7 Å². The van der Waals surface area contributed by atoms with Gasteiger partial charge in [0.2, 0.25) is 11.8 Å². The number of amides is 2. The largest absolute Gasteiger partial charge is 0.455 e. The maximum atomic E-state index is 13.5. The number of hydrogen-bond acceptors (Lipinski definition) is 6. The minimum absolute atomic E-state index is 0.0587. The molecule has 2 aromatic rings. The third-order valence-corrected chi connectivity index (χ3v) is 5.74. The molecule has 2 atom stereocenters. The smallest absolute Gasteiger partial charge is 0.306 e. The van der Waals surface area contributed by atoms with Crippen LogP contribution in [0.25, 0.3) is 0 Å². The lowest BCUT2D eigenvalue weighted by Gasteiger charge is -2.37. The molecule has 190 valence electrons. The molecule has 8 heteroatoms. The van der Waals surface area contributed by atoms with E-state index in [1.165, 1.54) is 6.92 Å². The highest BCUT2D eigenvalue weighted by Gasteiger charge is 2.34. The molecule has 0 radical (unpaired) electrons. The third-order valence-electron chi connectivity index (χ3n) is 5.74. The summed E-state index contributed by atoms with van der Waals surface area (Å²) < 4.78 is 11.5. The Kier molecular flexibility index (Phi) is 10.4. The highest BCUT2D eigenvalue weighted by Crippen LogP contribution is 2.29. The molecule has 1 heterocycles. The van der Waals surface area contributed by atoms with E-state index in [9.17, 15) is 14.4 Å².